The number of benzene rings is 1. The van der Waals surface area contributed by atoms with Gasteiger partial charge in [0.15, 0.2) is 0 Å². The fraction of sp³-hybridized carbons (Fsp3) is 0.273. The van der Waals surface area contributed by atoms with Gasteiger partial charge in [-0.25, -0.2) is 0 Å². The van der Waals surface area contributed by atoms with E-state index in [2.05, 4.69) is 20.7 Å². The second-order valence-corrected chi connectivity index (χ2v) is 3.98. The summed E-state index contributed by atoms with van der Waals surface area (Å²) in [6, 6.07) is 5.19. The average molecular weight is 284 g/mol. The number of halogens is 1. The molecule has 0 saturated heterocycles. The van der Waals surface area contributed by atoms with Crippen molar-refractivity contribution in [3.63, 3.8) is 0 Å². The number of ether oxygens (including phenoxy) is 1. The topological polar surface area (TPSA) is 70.3 Å². The van der Waals surface area contributed by atoms with Crippen molar-refractivity contribution in [2.24, 2.45) is 0 Å². The molecule has 4 nitrogen and oxygen atoms in total. The van der Waals surface area contributed by atoms with Gasteiger partial charge in [-0.3, -0.25) is 4.79 Å². The number of hydrogen-bond donors (Lipinski definition) is 1. The fourth-order valence-electron chi connectivity index (χ4n) is 1.27. The first-order valence-corrected chi connectivity index (χ1v) is 5.30. The number of hydrogen-bond acceptors (Lipinski definition) is 4. The number of rotatable bonds is 3. The Balaban J connectivity index is 3.12. The van der Waals surface area contributed by atoms with Crippen molar-refractivity contribution in [2.45, 2.75) is 13.0 Å². The number of methoxy groups -OCH3 is 1. The van der Waals surface area contributed by atoms with E-state index in [1.165, 1.54) is 7.11 Å². The summed E-state index contributed by atoms with van der Waals surface area (Å²) in [4.78, 5) is 11.1. The Morgan fingerprint density at radius 2 is 2.25 bits per heavy atom. The maximum atomic E-state index is 11.1. The van der Waals surface area contributed by atoms with E-state index in [4.69, 9.17) is 10.4 Å². The van der Waals surface area contributed by atoms with E-state index in [1.54, 1.807) is 12.1 Å². The molecule has 1 aromatic carbocycles. The van der Waals surface area contributed by atoms with Crippen LogP contribution < -0.4 is 0 Å². The van der Waals surface area contributed by atoms with Crippen molar-refractivity contribution >= 4 is 21.9 Å². The summed E-state index contributed by atoms with van der Waals surface area (Å²) < 4.78 is 5.21. The molecule has 0 spiro atoms. The summed E-state index contributed by atoms with van der Waals surface area (Å²) >= 11 is 3.27. The molecule has 5 heteroatoms. The second-order valence-electron chi connectivity index (χ2n) is 3.12. The van der Waals surface area contributed by atoms with Gasteiger partial charge in [-0.05, 0) is 17.2 Å². The van der Waals surface area contributed by atoms with E-state index in [1.807, 2.05) is 6.07 Å². The van der Waals surface area contributed by atoms with Gasteiger partial charge in [0, 0.05) is 4.47 Å². The third-order valence-corrected chi connectivity index (χ3v) is 2.86. The number of carbonyl (C=O) groups is 1. The quantitative estimate of drug-likeness (QED) is 0.854. The van der Waals surface area contributed by atoms with E-state index in [0.717, 1.165) is 0 Å². The lowest BCUT2D eigenvalue weighted by atomic mass is 10.0. The number of carbonyl (C=O) groups excluding carboxylic acids is 1. The van der Waals surface area contributed by atoms with Gasteiger partial charge in [-0.1, -0.05) is 22.0 Å². The Morgan fingerprint density at radius 1 is 1.56 bits per heavy atom. The van der Waals surface area contributed by atoms with Crippen molar-refractivity contribution in [3.05, 3.63) is 33.3 Å². The van der Waals surface area contributed by atoms with Crippen LogP contribution in [0.25, 0.3) is 0 Å². The standard InChI is InChI=1S/C11H10BrNO3/c1-16-11(15)4-7-2-9(6-14)8(5-13)3-10(7)12/h2-3,14H,4,6H2,1H3. The lowest BCUT2D eigenvalue weighted by Gasteiger charge is -2.07. The van der Waals surface area contributed by atoms with Crippen LogP contribution in [-0.2, 0) is 22.6 Å². The first kappa shape index (κ1) is 12.7. The van der Waals surface area contributed by atoms with Gasteiger partial charge in [-0.15, -0.1) is 0 Å². The van der Waals surface area contributed by atoms with Crippen LogP contribution in [-0.4, -0.2) is 18.2 Å². The molecule has 0 radical (unpaired) electrons. The van der Waals surface area contributed by atoms with Gasteiger partial charge in [0.2, 0.25) is 0 Å². The maximum Gasteiger partial charge on any atom is 0.310 e. The Kier molecular flexibility index (Phi) is 4.47. The SMILES string of the molecule is COC(=O)Cc1cc(CO)c(C#N)cc1Br. The molecule has 0 amide bonds. The van der Waals surface area contributed by atoms with Crippen LogP contribution in [0.4, 0.5) is 0 Å². The Hall–Kier alpha value is -1.38. The molecular formula is C11H10BrNO3. The Labute approximate surface area is 102 Å². The fourth-order valence-corrected chi connectivity index (χ4v) is 1.75. The Morgan fingerprint density at radius 3 is 2.75 bits per heavy atom. The van der Waals surface area contributed by atoms with Crippen molar-refractivity contribution in [1.29, 1.82) is 5.26 Å². The first-order valence-electron chi connectivity index (χ1n) is 4.51. The van der Waals surface area contributed by atoms with Crippen molar-refractivity contribution in [1.82, 2.24) is 0 Å². The summed E-state index contributed by atoms with van der Waals surface area (Å²) in [7, 11) is 1.31. The lowest BCUT2D eigenvalue weighted by Crippen LogP contribution is -2.06. The van der Waals surface area contributed by atoms with E-state index >= 15 is 0 Å². The molecule has 0 aliphatic rings. The van der Waals surface area contributed by atoms with Crippen molar-refractivity contribution in [3.8, 4) is 6.07 Å². The zero-order chi connectivity index (χ0) is 12.1. The third-order valence-electron chi connectivity index (χ3n) is 2.13. The molecule has 0 bridgehead atoms. The summed E-state index contributed by atoms with van der Waals surface area (Å²) in [5.41, 5.74) is 1.59. The highest BCUT2D eigenvalue weighted by Gasteiger charge is 2.11. The lowest BCUT2D eigenvalue weighted by molar-refractivity contribution is -0.139. The highest BCUT2D eigenvalue weighted by Crippen LogP contribution is 2.22. The highest BCUT2D eigenvalue weighted by atomic mass is 79.9. The molecule has 1 N–H and O–H groups in total. The molecule has 1 aromatic rings. The monoisotopic (exact) mass is 283 g/mol. The highest BCUT2D eigenvalue weighted by molar-refractivity contribution is 9.10. The van der Waals surface area contributed by atoms with Gasteiger partial charge in [-0.2, -0.15) is 5.26 Å². The minimum atomic E-state index is -0.366. The normalized spacial score (nSPS) is 9.62. The molecule has 0 saturated carbocycles. The summed E-state index contributed by atoms with van der Waals surface area (Å²) in [5.74, 6) is -0.366. The second kappa shape index (κ2) is 5.64. The van der Waals surface area contributed by atoms with Crippen LogP contribution >= 0.6 is 15.9 Å². The molecule has 0 heterocycles. The number of nitrogens with zero attached hydrogens (tertiary/aromatic N) is 1. The number of esters is 1. The Bertz CT molecular complexity index is 451. The molecule has 0 fully saturated rings. The summed E-state index contributed by atoms with van der Waals surface area (Å²) in [6.45, 7) is -0.232. The van der Waals surface area contributed by atoms with Gasteiger partial charge in [0.25, 0.3) is 0 Å². The van der Waals surface area contributed by atoms with Gasteiger partial charge in [0.1, 0.15) is 0 Å². The molecule has 1 rings (SSSR count). The third kappa shape index (κ3) is 2.81. The van der Waals surface area contributed by atoms with Crippen LogP contribution in [0, 0.1) is 11.3 Å². The van der Waals surface area contributed by atoms with Gasteiger partial charge < -0.3 is 9.84 Å². The van der Waals surface area contributed by atoms with Gasteiger partial charge in [0.05, 0.1) is 31.8 Å². The smallest absolute Gasteiger partial charge is 0.310 e. The predicted molar refractivity (Wildman–Crippen MR) is 60.5 cm³/mol. The van der Waals surface area contributed by atoms with Crippen LogP contribution in [0.1, 0.15) is 16.7 Å². The van der Waals surface area contributed by atoms with Crippen LogP contribution in [0.3, 0.4) is 0 Å². The predicted octanol–water partition coefficient (Wildman–Crippen LogP) is 1.53. The number of nitriles is 1. The minimum absolute atomic E-state index is 0.107. The molecule has 16 heavy (non-hydrogen) atoms. The van der Waals surface area contributed by atoms with E-state index in [-0.39, 0.29) is 19.0 Å². The first-order chi connectivity index (χ1) is 7.62. The number of aliphatic hydroxyl groups excluding tert-OH is 1. The summed E-state index contributed by atoms with van der Waals surface area (Å²) in [6.07, 6.45) is 0.107. The van der Waals surface area contributed by atoms with Gasteiger partial charge >= 0.3 is 5.97 Å². The van der Waals surface area contributed by atoms with E-state index < -0.39 is 0 Å². The zero-order valence-electron chi connectivity index (χ0n) is 8.66. The molecule has 0 atom stereocenters. The molecule has 84 valence electrons. The van der Waals surface area contributed by atoms with E-state index in [9.17, 15) is 4.79 Å². The molecule has 0 unspecified atom stereocenters. The van der Waals surface area contributed by atoms with Crippen LogP contribution in [0.15, 0.2) is 16.6 Å². The van der Waals surface area contributed by atoms with Crippen molar-refractivity contribution in [2.75, 3.05) is 7.11 Å². The van der Waals surface area contributed by atoms with Crippen LogP contribution in [0.2, 0.25) is 0 Å². The molecule has 0 aliphatic carbocycles. The minimum Gasteiger partial charge on any atom is -0.469 e. The van der Waals surface area contributed by atoms with Crippen molar-refractivity contribution < 1.29 is 14.6 Å². The number of aliphatic hydroxyl groups is 1. The average Bonchev–Trinajstić information content (AvgIpc) is 2.30. The maximum absolute atomic E-state index is 11.1. The molecule has 0 aliphatic heterocycles. The van der Waals surface area contributed by atoms with E-state index in [0.29, 0.717) is 21.2 Å². The summed E-state index contributed by atoms with van der Waals surface area (Å²) in [5, 5.41) is 17.9. The molecular weight excluding hydrogens is 274 g/mol. The zero-order valence-corrected chi connectivity index (χ0v) is 10.2. The largest absolute Gasteiger partial charge is 0.469 e. The molecule has 0 aromatic heterocycles. The van der Waals surface area contributed by atoms with Crippen LogP contribution in [0.5, 0.6) is 0 Å².